The Morgan fingerprint density at radius 3 is 2.52 bits per heavy atom. The number of hydrogen-bond donors (Lipinski definition) is 2. The van der Waals surface area contributed by atoms with Gasteiger partial charge in [0.2, 0.25) is 0 Å². The predicted octanol–water partition coefficient (Wildman–Crippen LogP) is 2.66. The summed E-state index contributed by atoms with van der Waals surface area (Å²) >= 11 is 0. The molecule has 0 aromatic heterocycles. The van der Waals surface area contributed by atoms with Gasteiger partial charge in [-0.15, -0.1) is 0 Å². The van der Waals surface area contributed by atoms with Crippen LogP contribution in [0.5, 0.6) is 11.5 Å². The summed E-state index contributed by atoms with van der Waals surface area (Å²) in [4.78, 5) is 0. The molecule has 0 aliphatic carbocycles. The Kier molecular flexibility index (Phi) is 5.60. The van der Waals surface area contributed by atoms with E-state index in [-0.39, 0.29) is 12.6 Å². The molecule has 2 aromatic carbocycles. The number of aliphatic hydroxyl groups excluding tert-OH is 1. The van der Waals surface area contributed by atoms with Gasteiger partial charge in [-0.25, -0.2) is 0 Å². The van der Waals surface area contributed by atoms with E-state index < -0.39 is 0 Å². The fraction of sp³-hybridized carbons (Fsp3) is 0.294. The molecule has 2 aromatic rings. The quantitative estimate of drug-likeness (QED) is 0.821. The van der Waals surface area contributed by atoms with Crippen LogP contribution in [-0.2, 0) is 6.61 Å². The van der Waals surface area contributed by atoms with E-state index in [0.717, 1.165) is 11.1 Å². The molecule has 21 heavy (non-hydrogen) atoms. The van der Waals surface area contributed by atoms with Crippen molar-refractivity contribution in [3.8, 4) is 11.5 Å². The van der Waals surface area contributed by atoms with E-state index >= 15 is 0 Å². The maximum Gasteiger partial charge on any atom is 0.161 e. The van der Waals surface area contributed by atoms with Crippen LogP contribution in [0.15, 0.2) is 48.5 Å². The first-order chi connectivity index (χ1) is 10.2. The topological polar surface area (TPSA) is 64.7 Å². The van der Waals surface area contributed by atoms with Crippen molar-refractivity contribution < 1.29 is 14.6 Å². The third-order valence-corrected chi connectivity index (χ3v) is 3.29. The van der Waals surface area contributed by atoms with Crippen LogP contribution in [0.25, 0.3) is 0 Å². The van der Waals surface area contributed by atoms with E-state index in [1.165, 1.54) is 0 Å². The molecule has 0 aliphatic heterocycles. The van der Waals surface area contributed by atoms with Crippen molar-refractivity contribution in [2.24, 2.45) is 5.73 Å². The van der Waals surface area contributed by atoms with Gasteiger partial charge in [0.15, 0.2) is 11.5 Å². The van der Waals surface area contributed by atoms with Gasteiger partial charge in [0.05, 0.1) is 7.11 Å². The number of ether oxygens (including phenoxy) is 2. The smallest absolute Gasteiger partial charge is 0.161 e. The fourth-order valence-corrected chi connectivity index (χ4v) is 2.08. The lowest BCUT2D eigenvalue weighted by atomic mass is 10.0. The summed E-state index contributed by atoms with van der Waals surface area (Å²) in [5.74, 6) is 1.33. The Labute approximate surface area is 125 Å². The molecule has 0 fully saturated rings. The van der Waals surface area contributed by atoms with Gasteiger partial charge in [-0.05, 0) is 29.7 Å². The highest BCUT2D eigenvalue weighted by molar-refractivity contribution is 5.44. The first kappa shape index (κ1) is 15.4. The van der Waals surface area contributed by atoms with Crippen LogP contribution >= 0.6 is 0 Å². The molecule has 4 heteroatoms. The molecule has 0 radical (unpaired) electrons. The van der Waals surface area contributed by atoms with Crippen LogP contribution in [0, 0.1) is 0 Å². The normalized spacial score (nSPS) is 12.0. The molecule has 1 atom stereocenters. The zero-order valence-electron chi connectivity index (χ0n) is 12.2. The van der Waals surface area contributed by atoms with Crippen molar-refractivity contribution in [3.63, 3.8) is 0 Å². The maximum absolute atomic E-state index is 8.95. The maximum atomic E-state index is 8.95. The zero-order chi connectivity index (χ0) is 15.1. The van der Waals surface area contributed by atoms with Gasteiger partial charge in [-0.1, -0.05) is 36.4 Å². The summed E-state index contributed by atoms with van der Waals surface area (Å²) in [5.41, 5.74) is 8.01. The van der Waals surface area contributed by atoms with E-state index in [0.29, 0.717) is 24.5 Å². The lowest BCUT2D eigenvalue weighted by molar-refractivity contribution is 0.275. The number of benzene rings is 2. The SMILES string of the molecule is COc1cc([C@H](N)CCO)ccc1OCc1ccccc1. The highest BCUT2D eigenvalue weighted by Gasteiger charge is 2.11. The molecule has 0 spiro atoms. The van der Waals surface area contributed by atoms with Crippen molar-refractivity contribution in [2.45, 2.75) is 19.1 Å². The molecule has 0 bridgehead atoms. The minimum absolute atomic E-state index is 0.0652. The van der Waals surface area contributed by atoms with Crippen LogP contribution in [0.1, 0.15) is 23.6 Å². The Morgan fingerprint density at radius 2 is 1.86 bits per heavy atom. The van der Waals surface area contributed by atoms with Gasteiger partial charge in [0.25, 0.3) is 0 Å². The summed E-state index contributed by atoms with van der Waals surface area (Å²) < 4.78 is 11.2. The molecular weight excluding hydrogens is 266 g/mol. The number of hydrogen-bond acceptors (Lipinski definition) is 4. The average molecular weight is 287 g/mol. The van der Waals surface area contributed by atoms with E-state index in [1.807, 2.05) is 48.5 Å². The Balaban J connectivity index is 2.09. The van der Waals surface area contributed by atoms with Crippen LogP contribution < -0.4 is 15.2 Å². The second kappa shape index (κ2) is 7.67. The number of aliphatic hydroxyl groups is 1. The first-order valence-corrected chi connectivity index (χ1v) is 6.95. The van der Waals surface area contributed by atoms with Gasteiger partial charge in [0.1, 0.15) is 6.61 Å². The van der Waals surface area contributed by atoms with E-state index in [4.69, 9.17) is 20.3 Å². The average Bonchev–Trinajstić information content (AvgIpc) is 2.54. The Hall–Kier alpha value is -2.04. The third kappa shape index (κ3) is 4.21. The molecular formula is C17H21NO3. The minimum atomic E-state index is -0.202. The standard InChI is InChI=1S/C17H21NO3/c1-20-17-11-14(15(18)9-10-19)7-8-16(17)21-12-13-5-3-2-4-6-13/h2-8,11,15,19H,9-10,12,18H2,1H3/t15-/m1/s1. The Morgan fingerprint density at radius 1 is 1.10 bits per heavy atom. The highest BCUT2D eigenvalue weighted by atomic mass is 16.5. The first-order valence-electron chi connectivity index (χ1n) is 6.95. The molecule has 4 nitrogen and oxygen atoms in total. The van der Waals surface area contributed by atoms with Crippen LogP contribution in [-0.4, -0.2) is 18.8 Å². The molecule has 0 saturated heterocycles. The molecule has 3 N–H and O–H groups in total. The lowest BCUT2D eigenvalue weighted by Gasteiger charge is -2.15. The largest absolute Gasteiger partial charge is 0.493 e. The van der Waals surface area contributed by atoms with Gasteiger partial charge in [-0.3, -0.25) is 0 Å². The predicted molar refractivity (Wildman–Crippen MR) is 82.4 cm³/mol. The zero-order valence-corrected chi connectivity index (χ0v) is 12.2. The molecule has 0 amide bonds. The number of nitrogens with two attached hydrogens (primary N) is 1. The second-order valence-corrected chi connectivity index (χ2v) is 4.80. The van der Waals surface area contributed by atoms with Gasteiger partial charge >= 0.3 is 0 Å². The van der Waals surface area contributed by atoms with Gasteiger partial charge in [0, 0.05) is 12.6 Å². The lowest BCUT2D eigenvalue weighted by Crippen LogP contribution is -2.12. The van der Waals surface area contributed by atoms with E-state index in [9.17, 15) is 0 Å². The number of rotatable bonds is 7. The van der Waals surface area contributed by atoms with E-state index in [1.54, 1.807) is 7.11 Å². The van der Waals surface area contributed by atoms with E-state index in [2.05, 4.69) is 0 Å². The van der Waals surface area contributed by atoms with Crippen molar-refractivity contribution in [3.05, 3.63) is 59.7 Å². The Bertz CT molecular complexity index is 557. The van der Waals surface area contributed by atoms with Crippen molar-refractivity contribution in [2.75, 3.05) is 13.7 Å². The summed E-state index contributed by atoms with van der Waals surface area (Å²) in [6.45, 7) is 0.551. The van der Waals surface area contributed by atoms with Crippen molar-refractivity contribution >= 4 is 0 Å². The monoisotopic (exact) mass is 287 g/mol. The minimum Gasteiger partial charge on any atom is -0.493 e. The second-order valence-electron chi connectivity index (χ2n) is 4.80. The summed E-state index contributed by atoms with van der Waals surface area (Å²) in [6.07, 6.45) is 0.521. The summed E-state index contributed by atoms with van der Waals surface area (Å²) in [6, 6.07) is 15.4. The van der Waals surface area contributed by atoms with Crippen molar-refractivity contribution in [1.82, 2.24) is 0 Å². The van der Waals surface area contributed by atoms with Crippen LogP contribution in [0.3, 0.4) is 0 Å². The van der Waals surface area contributed by atoms with Crippen LogP contribution in [0.2, 0.25) is 0 Å². The van der Waals surface area contributed by atoms with Crippen molar-refractivity contribution in [1.29, 1.82) is 0 Å². The summed E-state index contributed by atoms with van der Waals surface area (Å²) in [5, 5.41) is 8.95. The van der Waals surface area contributed by atoms with Gasteiger partial charge < -0.3 is 20.3 Å². The third-order valence-electron chi connectivity index (χ3n) is 3.29. The molecule has 2 rings (SSSR count). The molecule has 0 unspecified atom stereocenters. The highest BCUT2D eigenvalue weighted by Crippen LogP contribution is 2.31. The molecule has 0 aliphatic rings. The number of methoxy groups -OCH3 is 1. The fourth-order valence-electron chi connectivity index (χ4n) is 2.08. The van der Waals surface area contributed by atoms with Gasteiger partial charge in [-0.2, -0.15) is 0 Å². The molecule has 112 valence electrons. The molecule has 0 saturated carbocycles. The molecule has 0 heterocycles. The van der Waals surface area contributed by atoms with Crippen LogP contribution in [0.4, 0.5) is 0 Å². The summed E-state index contributed by atoms with van der Waals surface area (Å²) in [7, 11) is 1.60.